The van der Waals surface area contributed by atoms with Gasteiger partial charge in [0.05, 0.1) is 29.9 Å². The van der Waals surface area contributed by atoms with Gasteiger partial charge in [0.25, 0.3) is 5.91 Å². The van der Waals surface area contributed by atoms with Gasteiger partial charge < -0.3 is 15.2 Å². The van der Waals surface area contributed by atoms with Gasteiger partial charge in [0.2, 0.25) is 0 Å². The normalized spacial score (nSPS) is 12.0. The van der Waals surface area contributed by atoms with Crippen molar-refractivity contribution in [2.75, 3.05) is 19.8 Å². The van der Waals surface area contributed by atoms with Crippen LogP contribution in [0.3, 0.4) is 0 Å². The third kappa shape index (κ3) is 5.31. The summed E-state index contributed by atoms with van der Waals surface area (Å²) < 4.78 is 6.43. The molecular formula is C18H19BrClNO3. The highest BCUT2D eigenvalue weighted by Gasteiger charge is 2.16. The molecule has 0 aliphatic carbocycles. The smallest absolute Gasteiger partial charge is 0.252 e. The molecule has 2 aromatic rings. The van der Waals surface area contributed by atoms with E-state index in [0.717, 1.165) is 15.6 Å². The molecule has 0 radical (unpaired) electrons. The molecule has 4 nitrogen and oxygen atoms in total. The molecule has 2 N–H and O–H groups in total. The Morgan fingerprint density at radius 2 is 2.00 bits per heavy atom. The van der Waals surface area contributed by atoms with Crippen molar-refractivity contribution < 1.29 is 14.6 Å². The number of carbonyl (C=O) groups excluding carboxylic acids is 1. The molecule has 0 bridgehead atoms. The number of hydrogen-bond acceptors (Lipinski definition) is 3. The van der Waals surface area contributed by atoms with Crippen LogP contribution in [0.1, 0.15) is 27.6 Å². The van der Waals surface area contributed by atoms with Crippen molar-refractivity contribution in [1.82, 2.24) is 5.32 Å². The lowest BCUT2D eigenvalue weighted by atomic mass is 10.1. The van der Waals surface area contributed by atoms with Crippen LogP contribution >= 0.6 is 27.5 Å². The van der Waals surface area contributed by atoms with Crippen molar-refractivity contribution in [2.45, 2.75) is 13.0 Å². The van der Waals surface area contributed by atoms with Crippen molar-refractivity contribution >= 4 is 33.4 Å². The van der Waals surface area contributed by atoms with Crippen LogP contribution in [-0.4, -0.2) is 30.8 Å². The van der Waals surface area contributed by atoms with Crippen LogP contribution in [-0.2, 0) is 4.74 Å². The quantitative estimate of drug-likeness (QED) is 0.725. The summed E-state index contributed by atoms with van der Waals surface area (Å²) in [6.07, 6.45) is -0.340. The van der Waals surface area contributed by atoms with Gasteiger partial charge in [0.1, 0.15) is 0 Å². The molecule has 24 heavy (non-hydrogen) atoms. The maximum atomic E-state index is 12.4. The maximum absolute atomic E-state index is 12.4. The Labute approximate surface area is 154 Å². The van der Waals surface area contributed by atoms with Gasteiger partial charge in [-0.15, -0.1) is 0 Å². The highest BCUT2D eigenvalue weighted by atomic mass is 79.9. The van der Waals surface area contributed by atoms with Crippen LogP contribution < -0.4 is 5.32 Å². The van der Waals surface area contributed by atoms with Crippen molar-refractivity contribution in [1.29, 1.82) is 0 Å². The fourth-order valence-corrected chi connectivity index (χ4v) is 2.77. The maximum Gasteiger partial charge on any atom is 0.252 e. The second kappa shape index (κ2) is 9.18. The number of benzene rings is 2. The molecule has 1 amide bonds. The first-order valence-corrected chi connectivity index (χ1v) is 8.70. The largest absolute Gasteiger partial charge is 0.394 e. The Balaban J connectivity index is 2.07. The number of aliphatic hydroxyl groups excluding tert-OH is 1. The minimum Gasteiger partial charge on any atom is -0.394 e. The summed E-state index contributed by atoms with van der Waals surface area (Å²) in [6, 6.07) is 13.0. The van der Waals surface area contributed by atoms with E-state index in [1.165, 1.54) is 0 Å². The molecule has 0 fully saturated rings. The number of carbonyl (C=O) groups is 1. The number of amides is 1. The standard InChI is InChI=1S/C18H19BrClNO3/c1-12-2-4-13(5-3-12)17(24-9-8-22)11-21-18(23)15-10-14(19)6-7-16(15)20/h2-7,10,17,22H,8-9,11H2,1H3,(H,21,23). The van der Waals surface area contributed by atoms with Crippen LogP contribution in [0.4, 0.5) is 0 Å². The lowest BCUT2D eigenvalue weighted by Crippen LogP contribution is -2.30. The Morgan fingerprint density at radius 1 is 1.29 bits per heavy atom. The molecule has 0 aliphatic rings. The molecule has 0 saturated carbocycles. The predicted molar refractivity (Wildman–Crippen MR) is 98.4 cm³/mol. The highest BCUT2D eigenvalue weighted by molar-refractivity contribution is 9.10. The third-order valence-electron chi connectivity index (χ3n) is 3.48. The number of rotatable bonds is 7. The zero-order valence-corrected chi connectivity index (χ0v) is 15.6. The van der Waals surface area contributed by atoms with E-state index >= 15 is 0 Å². The molecule has 0 aliphatic heterocycles. The van der Waals surface area contributed by atoms with E-state index in [0.29, 0.717) is 10.6 Å². The topological polar surface area (TPSA) is 58.6 Å². The molecule has 2 rings (SSSR count). The minimum absolute atomic E-state index is 0.0756. The second-order valence-corrected chi connectivity index (χ2v) is 6.65. The summed E-state index contributed by atoms with van der Waals surface area (Å²) >= 11 is 9.41. The van der Waals surface area contributed by atoms with E-state index in [-0.39, 0.29) is 31.8 Å². The van der Waals surface area contributed by atoms with Gasteiger partial charge in [-0.2, -0.15) is 0 Å². The van der Waals surface area contributed by atoms with Crippen LogP contribution in [0.25, 0.3) is 0 Å². The Hall–Kier alpha value is -1.40. The van der Waals surface area contributed by atoms with Gasteiger partial charge in [-0.05, 0) is 30.7 Å². The van der Waals surface area contributed by atoms with E-state index in [1.807, 2.05) is 31.2 Å². The van der Waals surface area contributed by atoms with Gasteiger partial charge in [-0.25, -0.2) is 0 Å². The average molecular weight is 413 g/mol. The van der Waals surface area contributed by atoms with Gasteiger partial charge in [-0.3, -0.25) is 4.79 Å². The van der Waals surface area contributed by atoms with Crippen molar-refractivity contribution in [3.05, 3.63) is 68.7 Å². The molecule has 0 heterocycles. The Bertz CT molecular complexity index is 691. The number of ether oxygens (including phenoxy) is 1. The zero-order valence-electron chi connectivity index (χ0n) is 13.3. The third-order valence-corrected chi connectivity index (χ3v) is 4.30. The summed E-state index contributed by atoms with van der Waals surface area (Å²) in [4.78, 5) is 12.4. The average Bonchev–Trinajstić information content (AvgIpc) is 2.58. The number of hydrogen-bond donors (Lipinski definition) is 2. The Morgan fingerprint density at radius 3 is 2.67 bits per heavy atom. The van der Waals surface area contributed by atoms with Crippen LogP contribution in [0.15, 0.2) is 46.9 Å². The van der Waals surface area contributed by atoms with Gasteiger partial charge in [0, 0.05) is 11.0 Å². The summed E-state index contributed by atoms with van der Waals surface area (Å²) in [6.45, 7) is 2.41. The molecule has 2 aromatic carbocycles. The predicted octanol–water partition coefficient (Wildman–Crippen LogP) is 3.89. The first-order chi connectivity index (χ1) is 11.5. The molecular weight excluding hydrogens is 394 g/mol. The molecule has 0 aromatic heterocycles. The van der Waals surface area contributed by atoms with E-state index in [2.05, 4.69) is 21.2 Å². The fraction of sp³-hybridized carbons (Fsp3) is 0.278. The van der Waals surface area contributed by atoms with Crippen LogP contribution in [0.5, 0.6) is 0 Å². The Kier molecular flexibility index (Phi) is 7.24. The van der Waals surface area contributed by atoms with Crippen LogP contribution in [0.2, 0.25) is 5.02 Å². The van der Waals surface area contributed by atoms with Crippen molar-refractivity contribution in [2.24, 2.45) is 0 Å². The molecule has 0 spiro atoms. The lowest BCUT2D eigenvalue weighted by Gasteiger charge is -2.19. The van der Waals surface area contributed by atoms with E-state index in [9.17, 15) is 4.79 Å². The number of halogens is 2. The minimum atomic E-state index is -0.340. The molecule has 1 atom stereocenters. The van der Waals surface area contributed by atoms with E-state index in [4.69, 9.17) is 21.4 Å². The van der Waals surface area contributed by atoms with Gasteiger partial charge in [-0.1, -0.05) is 57.4 Å². The molecule has 1 unspecified atom stereocenters. The first kappa shape index (κ1) is 18.9. The fourth-order valence-electron chi connectivity index (χ4n) is 2.20. The molecule has 0 saturated heterocycles. The SMILES string of the molecule is Cc1ccc(C(CNC(=O)c2cc(Br)ccc2Cl)OCCO)cc1. The van der Waals surface area contributed by atoms with Gasteiger partial charge >= 0.3 is 0 Å². The van der Waals surface area contributed by atoms with Gasteiger partial charge in [0.15, 0.2) is 0 Å². The lowest BCUT2D eigenvalue weighted by molar-refractivity contribution is 0.0277. The van der Waals surface area contributed by atoms with Crippen molar-refractivity contribution in [3.8, 4) is 0 Å². The summed E-state index contributed by atoms with van der Waals surface area (Å²) in [5.41, 5.74) is 2.48. The monoisotopic (exact) mass is 411 g/mol. The summed E-state index contributed by atoms with van der Waals surface area (Å²) in [5, 5.41) is 12.2. The summed E-state index contributed by atoms with van der Waals surface area (Å²) in [5.74, 6) is -0.272. The van der Waals surface area contributed by atoms with Crippen molar-refractivity contribution in [3.63, 3.8) is 0 Å². The van der Waals surface area contributed by atoms with E-state index in [1.54, 1.807) is 18.2 Å². The first-order valence-electron chi connectivity index (χ1n) is 7.53. The number of nitrogens with one attached hydrogen (secondary N) is 1. The van der Waals surface area contributed by atoms with E-state index < -0.39 is 0 Å². The zero-order chi connectivity index (χ0) is 17.5. The molecule has 6 heteroatoms. The molecule has 128 valence electrons. The number of aryl methyl sites for hydroxylation is 1. The van der Waals surface area contributed by atoms with Crippen LogP contribution in [0, 0.1) is 6.92 Å². The summed E-state index contributed by atoms with van der Waals surface area (Å²) in [7, 11) is 0. The second-order valence-electron chi connectivity index (χ2n) is 5.33. The highest BCUT2D eigenvalue weighted by Crippen LogP contribution is 2.22. The number of aliphatic hydroxyl groups is 1.